The highest BCUT2D eigenvalue weighted by atomic mass is 32.2. The van der Waals surface area contributed by atoms with Crippen molar-refractivity contribution in [3.63, 3.8) is 0 Å². The van der Waals surface area contributed by atoms with Crippen LogP contribution in [0.15, 0.2) is 34.2 Å². The second kappa shape index (κ2) is 6.20. The number of amides is 1. The number of thioether (sulfide) groups is 1. The van der Waals surface area contributed by atoms with Crippen molar-refractivity contribution in [3.05, 3.63) is 51.4 Å². The molecule has 1 aliphatic heterocycles. The van der Waals surface area contributed by atoms with Gasteiger partial charge in [-0.1, -0.05) is 30.0 Å². The highest BCUT2D eigenvalue weighted by molar-refractivity contribution is 7.99. The molecule has 1 aromatic heterocycles. The Morgan fingerprint density at radius 3 is 2.74 bits per heavy atom. The highest BCUT2D eigenvalue weighted by Gasteiger charge is 2.27. The Kier molecular flexibility index (Phi) is 4.26. The normalized spacial score (nSPS) is 16.2. The molecule has 3 rings (SSSR count). The number of benzene rings is 1. The number of nitrogens with zero attached hydrogens (tertiary/aromatic N) is 2. The Labute approximate surface area is 139 Å². The maximum absolute atomic E-state index is 12.4. The Hall–Kier alpha value is -2.08. The first-order valence-electron chi connectivity index (χ1n) is 7.55. The molecule has 1 aromatic carbocycles. The lowest BCUT2D eigenvalue weighted by Gasteiger charge is -2.15. The summed E-state index contributed by atoms with van der Waals surface area (Å²) in [5, 5.41) is 3.69. The van der Waals surface area contributed by atoms with E-state index >= 15 is 0 Å². The fourth-order valence-corrected chi connectivity index (χ4v) is 4.02. The van der Waals surface area contributed by atoms with E-state index in [1.807, 2.05) is 39.0 Å². The van der Waals surface area contributed by atoms with Crippen molar-refractivity contribution in [1.82, 2.24) is 9.55 Å². The Morgan fingerprint density at radius 1 is 1.35 bits per heavy atom. The second-order valence-electron chi connectivity index (χ2n) is 5.87. The van der Waals surface area contributed by atoms with Crippen molar-refractivity contribution in [2.24, 2.45) is 0 Å². The van der Waals surface area contributed by atoms with Crippen LogP contribution in [0.2, 0.25) is 0 Å². The van der Waals surface area contributed by atoms with Crippen LogP contribution in [0.4, 0.5) is 5.69 Å². The molecular weight excluding hydrogens is 310 g/mol. The van der Waals surface area contributed by atoms with Gasteiger partial charge < -0.3 is 5.32 Å². The average Bonchev–Trinajstić information content (AvgIpc) is 2.86. The molecular formula is C17H19N3O2S. The number of nitrogens with one attached hydrogen (secondary N) is 1. The molecule has 0 spiro atoms. The van der Waals surface area contributed by atoms with Crippen molar-refractivity contribution >= 4 is 23.4 Å². The molecule has 2 aromatic rings. The van der Waals surface area contributed by atoms with E-state index in [0.717, 1.165) is 22.5 Å². The summed E-state index contributed by atoms with van der Waals surface area (Å²) in [6.45, 7) is 5.75. The minimum atomic E-state index is -0.139. The number of aryl methyl sites for hydroxylation is 3. The zero-order chi connectivity index (χ0) is 16.6. The summed E-state index contributed by atoms with van der Waals surface area (Å²) >= 11 is 1.53. The van der Waals surface area contributed by atoms with E-state index in [1.165, 1.54) is 17.8 Å². The van der Waals surface area contributed by atoms with E-state index in [4.69, 9.17) is 0 Å². The van der Waals surface area contributed by atoms with Crippen molar-refractivity contribution < 1.29 is 4.79 Å². The Balaban J connectivity index is 1.78. The van der Waals surface area contributed by atoms with Crippen LogP contribution in [0.1, 0.15) is 29.3 Å². The lowest BCUT2D eigenvalue weighted by atomic mass is 10.1. The molecule has 6 heteroatoms. The molecule has 0 radical (unpaired) electrons. The summed E-state index contributed by atoms with van der Waals surface area (Å²) in [5.41, 5.74) is 3.57. The molecule has 1 amide bonds. The standard InChI is InChI=1S/C17H19N3O2S/c1-10-5-4-6-11(2)16(10)19-14(21)8-13-9-23-17-18-12(3)7-15(22)20(13)17/h4-7,13H,8-9H2,1-3H3,(H,19,21). The average molecular weight is 329 g/mol. The molecule has 1 atom stereocenters. The van der Waals surface area contributed by atoms with Gasteiger partial charge in [-0.15, -0.1) is 0 Å². The van der Waals surface area contributed by atoms with Crippen LogP contribution in [-0.2, 0) is 4.79 Å². The third kappa shape index (κ3) is 3.17. The zero-order valence-electron chi connectivity index (χ0n) is 13.4. The summed E-state index contributed by atoms with van der Waals surface area (Å²) in [7, 11) is 0. The van der Waals surface area contributed by atoms with Crippen LogP contribution in [0.25, 0.3) is 0 Å². The van der Waals surface area contributed by atoms with Crippen LogP contribution in [-0.4, -0.2) is 21.2 Å². The first kappa shape index (κ1) is 15.8. The van der Waals surface area contributed by atoms with Crippen molar-refractivity contribution in [2.75, 3.05) is 11.1 Å². The number of hydrogen-bond acceptors (Lipinski definition) is 4. The van der Waals surface area contributed by atoms with Gasteiger partial charge in [-0.25, -0.2) is 4.98 Å². The Morgan fingerprint density at radius 2 is 2.04 bits per heavy atom. The molecule has 23 heavy (non-hydrogen) atoms. The van der Waals surface area contributed by atoms with Gasteiger partial charge in [0, 0.05) is 29.6 Å². The van der Waals surface area contributed by atoms with Gasteiger partial charge in [-0.05, 0) is 31.9 Å². The van der Waals surface area contributed by atoms with Gasteiger partial charge in [0.1, 0.15) is 0 Å². The zero-order valence-corrected chi connectivity index (χ0v) is 14.2. The molecule has 0 saturated heterocycles. The van der Waals surface area contributed by atoms with E-state index in [0.29, 0.717) is 10.9 Å². The number of rotatable bonds is 3. The van der Waals surface area contributed by atoms with Crippen LogP contribution < -0.4 is 10.9 Å². The van der Waals surface area contributed by atoms with Crippen LogP contribution in [0.3, 0.4) is 0 Å². The fraction of sp³-hybridized carbons (Fsp3) is 0.353. The lowest BCUT2D eigenvalue weighted by Crippen LogP contribution is -2.27. The lowest BCUT2D eigenvalue weighted by molar-refractivity contribution is -0.116. The number of anilines is 1. The van der Waals surface area contributed by atoms with Gasteiger partial charge in [-0.3, -0.25) is 14.2 Å². The quantitative estimate of drug-likeness (QED) is 0.880. The van der Waals surface area contributed by atoms with Gasteiger partial charge in [0.05, 0.1) is 6.04 Å². The van der Waals surface area contributed by atoms with E-state index in [-0.39, 0.29) is 23.9 Å². The van der Waals surface area contributed by atoms with Gasteiger partial charge in [-0.2, -0.15) is 0 Å². The smallest absolute Gasteiger partial charge is 0.254 e. The number of carbonyl (C=O) groups is 1. The predicted octanol–water partition coefficient (Wildman–Crippen LogP) is 2.84. The minimum absolute atomic E-state index is 0.0756. The van der Waals surface area contributed by atoms with E-state index in [1.54, 1.807) is 4.57 Å². The van der Waals surface area contributed by atoms with Crippen LogP contribution >= 0.6 is 11.8 Å². The first-order valence-corrected chi connectivity index (χ1v) is 8.53. The second-order valence-corrected chi connectivity index (χ2v) is 6.86. The molecule has 0 aliphatic carbocycles. The minimum Gasteiger partial charge on any atom is -0.326 e. The van der Waals surface area contributed by atoms with Crippen molar-refractivity contribution in [2.45, 2.75) is 38.4 Å². The van der Waals surface area contributed by atoms with Crippen LogP contribution in [0.5, 0.6) is 0 Å². The van der Waals surface area contributed by atoms with Gasteiger partial charge in [0.15, 0.2) is 5.16 Å². The van der Waals surface area contributed by atoms with E-state index < -0.39 is 0 Å². The number of carbonyl (C=O) groups excluding carboxylic acids is 1. The number of hydrogen-bond donors (Lipinski definition) is 1. The molecule has 1 aliphatic rings. The summed E-state index contributed by atoms with van der Waals surface area (Å²) in [4.78, 5) is 29.0. The maximum atomic E-state index is 12.4. The molecule has 1 N–H and O–H groups in total. The van der Waals surface area contributed by atoms with Crippen molar-refractivity contribution in [3.8, 4) is 0 Å². The fourth-order valence-electron chi connectivity index (χ4n) is 2.83. The monoisotopic (exact) mass is 329 g/mol. The molecule has 2 heterocycles. The summed E-state index contributed by atoms with van der Waals surface area (Å²) in [6.07, 6.45) is 0.276. The van der Waals surface area contributed by atoms with Crippen molar-refractivity contribution in [1.29, 1.82) is 0 Å². The van der Waals surface area contributed by atoms with E-state index in [9.17, 15) is 9.59 Å². The number of fused-ring (bicyclic) bond motifs is 1. The predicted molar refractivity (Wildman–Crippen MR) is 92.2 cm³/mol. The molecule has 5 nitrogen and oxygen atoms in total. The Bertz CT molecular complexity index is 809. The molecule has 0 saturated carbocycles. The van der Waals surface area contributed by atoms with Crippen LogP contribution in [0, 0.1) is 20.8 Å². The first-order chi connectivity index (χ1) is 11.0. The summed E-state index contributed by atoms with van der Waals surface area (Å²) < 4.78 is 1.64. The summed E-state index contributed by atoms with van der Waals surface area (Å²) in [5.74, 6) is 0.625. The van der Waals surface area contributed by atoms with Gasteiger partial charge in [0.25, 0.3) is 5.56 Å². The molecule has 120 valence electrons. The number of aromatic nitrogens is 2. The SMILES string of the molecule is Cc1cc(=O)n2c(n1)SCC2CC(=O)Nc1c(C)cccc1C. The van der Waals surface area contributed by atoms with E-state index in [2.05, 4.69) is 10.3 Å². The molecule has 1 unspecified atom stereocenters. The highest BCUT2D eigenvalue weighted by Crippen LogP contribution is 2.32. The third-order valence-electron chi connectivity index (χ3n) is 3.98. The van der Waals surface area contributed by atoms with Gasteiger partial charge >= 0.3 is 0 Å². The largest absolute Gasteiger partial charge is 0.326 e. The summed E-state index contributed by atoms with van der Waals surface area (Å²) in [6, 6.07) is 7.30. The molecule has 0 fully saturated rings. The topological polar surface area (TPSA) is 64.0 Å². The maximum Gasteiger partial charge on any atom is 0.254 e. The third-order valence-corrected chi connectivity index (χ3v) is 5.08. The number of para-hydroxylation sites is 1. The molecule has 0 bridgehead atoms. The van der Waals surface area contributed by atoms with Gasteiger partial charge in [0.2, 0.25) is 5.91 Å².